The fourth-order valence-corrected chi connectivity index (χ4v) is 2.23. The van der Waals surface area contributed by atoms with Crippen molar-refractivity contribution in [1.29, 1.82) is 0 Å². The molecule has 1 aromatic carbocycles. The number of carbonyl (C=O) groups excluding carboxylic acids is 1. The monoisotopic (exact) mass is 299 g/mol. The van der Waals surface area contributed by atoms with Crippen LogP contribution >= 0.6 is 0 Å². The van der Waals surface area contributed by atoms with E-state index in [9.17, 15) is 4.79 Å². The first-order valence-corrected chi connectivity index (χ1v) is 7.26. The minimum Gasteiger partial charge on any atom is -0.395 e. The van der Waals surface area contributed by atoms with Gasteiger partial charge in [-0.1, -0.05) is 12.1 Å². The van der Waals surface area contributed by atoms with E-state index in [-0.39, 0.29) is 19.1 Å². The van der Waals surface area contributed by atoms with Crippen molar-refractivity contribution in [3.05, 3.63) is 58.9 Å². The summed E-state index contributed by atoms with van der Waals surface area (Å²) < 4.78 is 0. The summed E-state index contributed by atoms with van der Waals surface area (Å²) >= 11 is 0. The molecule has 0 bridgehead atoms. The summed E-state index contributed by atoms with van der Waals surface area (Å²) in [5, 5.41) is 14.8. The second kappa shape index (κ2) is 7.56. The highest BCUT2D eigenvalue weighted by Gasteiger charge is 2.11. The molecule has 5 heteroatoms. The third kappa shape index (κ3) is 3.83. The lowest BCUT2D eigenvalue weighted by Gasteiger charge is -2.14. The molecule has 0 fully saturated rings. The van der Waals surface area contributed by atoms with Crippen molar-refractivity contribution < 1.29 is 9.90 Å². The molecule has 1 heterocycles. The largest absolute Gasteiger partial charge is 0.395 e. The van der Waals surface area contributed by atoms with Crippen molar-refractivity contribution in [3.8, 4) is 0 Å². The van der Waals surface area contributed by atoms with Gasteiger partial charge in [-0.15, -0.1) is 0 Å². The van der Waals surface area contributed by atoms with Crippen LogP contribution in [0.2, 0.25) is 0 Å². The number of nitrogens with zero attached hydrogens (tertiary/aromatic N) is 1. The fourth-order valence-electron chi connectivity index (χ4n) is 2.23. The summed E-state index contributed by atoms with van der Waals surface area (Å²) in [5.74, 6) is -0.173. The standard InChI is InChI=1S/C17H21N3O2/c1-12-15(17(22)19-9-10-21)6-3-7-16(12)20-11-14-5-4-8-18-13(14)2/h3-8,20-21H,9-11H2,1-2H3,(H,19,22). The zero-order chi connectivity index (χ0) is 15.9. The van der Waals surface area contributed by atoms with Crippen LogP contribution in [0.15, 0.2) is 36.5 Å². The number of aliphatic hydroxyl groups excluding tert-OH is 1. The average Bonchev–Trinajstić information content (AvgIpc) is 2.53. The first-order valence-electron chi connectivity index (χ1n) is 7.26. The topological polar surface area (TPSA) is 74.2 Å². The number of nitrogens with one attached hydrogen (secondary N) is 2. The second-order valence-corrected chi connectivity index (χ2v) is 5.06. The Morgan fingerprint density at radius 2 is 2.05 bits per heavy atom. The molecule has 0 saturated heterocycles. The van der Waals surface area contributed by atoms with Crippen LogP contribution in [0.1, 0.15) is 27.2 Å². The van der Waals surface area contributed by atoms with Gasteiger partial charge in [-0.3, -0.25) is 9.78 Å². The Balaban J connectivity index is 2.12. The maximum Gasteiger partial charge on any atom is 0.251 e. The van der Waals surface area contributed by atoms with Crippen molar-refractivity contribution in [2.24, 2.45) is 0 Å². The Morgan fingerprint density at radius 1 is 1.23 bits per heavy atom. The Labute approximate surface area is 130 Å². The lowest BCUT2D eigenvalue weighted by atomic mass is 10.1. The second-order valence-electron chi connectivity index (χ2n) is 5.06. The summed E-state index contributed by atoms with van der Waals surface area (Å²) in [6, 6.07) is 9.52. The number of rotatable bonds is 6. The predicted octanol–water partition coefficient (Wildman–Crippen LogP) is 2.03. The number of hydrogen-bond donors (Lipinski definition) is 3. The van der Waals surface area contributed by atoms with Gasteiger partial charge in [0, 0.05) is 36.2 Å². The van der Waals surface area contributed by atoms with Crippen molar-refractivity contribution >= 4 is 11.6 Å². The molecule has 0 aliphatic rings. The molecule has 3 N–H and O–H groups in total. The van der Waals surface area contributed by atoms with E-state index in [0.29, 0.717) is 12.1 Å². The van der Waals surface area contributed by atoms with Crippen LogP contribution in [0.5, 0.6) is 0 Å². The number of aliphatic hydroxyl groups is 1. The molecule has 22 heavy (non-hydrogen) atoms. The maximum absolute atomic E-state index is 12.0. The van der Waals surface area contributed by atoms with Gasteiger partial charge in [-0.05, 0) is 43.2 Å². The van der Waals surface area contributed by atoms with E-state index >= 15 is 0 Å². The van der Waals surface area contributed by atoms with Crippen molar-refractivity contribution in [2.75, 3.05) is 18.5 Å². The molecule has 0 aliphatic heterocycles. The Hall–Kier alpha value is -2.40. The number of anilines is 1. The van der Waals surface area contributed by atoms with Gasteiger partial charge in [0.05, 0.1) is 6.61 Å². The van der Waals surface area contributed by atoms with E-state index in [1.807, 2.05) is 38.1 Å². The number of benzene rings is 1. The molecular weight excluding hydrogens is 278 g/mol. The van der Waals surface area contributed by atoms with E-state index in [1.165, 1.54) is 0 Å². The Bertz CT molecular complexity index is 656. The van der Waals surface area contributed by atoms with Gasteiger partial charge in [0.15, 0.2) is 0 Å². The molecule has 1 aromatic heterocycles. The van der Waals surface area contributed by atoms with Gasteiger partial charge in [0.1, 0.15) is 0 Å². The maximum atomic E-state index is 12.0. The molecule has 5 nitrogen and oxygen atoms in total. The van der Waals surface area contributed by atoms with Gasteiger partial charge in [-0.25, -0.2) is 0 Å². The van der Waals surface area contributed by atoms with E-state index in [0.717, 1.165) is 22.5 Å². The highest BCUT2D eigenvalue weighted by molar-refractivity contribution is 5.97. The van der Waals surface area contributed by atoms with Crippen LogP contribution < -0.4 is 10.6 Å². The molecule has 0 unspecified atom stereocenters. The van der Waals surface area contributed by atoms with Gasteiger partial charge in [0.25, 0.3) is 5.91 Å². The molecule has 1 amide bonds. The summed E-state index contributed by atoms with van der Waals surface area (Å²) in [6.07, 6.45) is 1.77. The van der Waals surface area contributed by atoms with E-state index in [2.05, 4.69) is 15.6 Å². The first kappa shape index (κ1) is 16.0. The number of amides is 1. The third-order valence-electron chi connectivity index (χ3n) is 3.56. The van der Waals surface area contributed by atoms with Crippen molar-refractivity contribution in [1.82, 2.24) is 10.3 Å². The highest BCUT2D eigenvalue weighted by Crippen LogP contribution is 2.20. The molecule has 116 valence electrons. The molecule has 0 spiro atoms. The zero-order valence-corrected chi connectivity index (χ0v) is 12.9. The van der Waals surface area contributed by atoms with Crippen LogP contribution in [0, 0.1) is 13.8 Å². The van der Waals surface area contributed by atoms with E-state index in [4.69, 9.17) is 5.11 Å². The van der Waals surface area contributed by atoms with Gasteiger partial charge < -0.3 is 15.7 Å². The minimum atomic E-state index is -0.173. The number of hydrogen-bond acceptors (Lipinski definition) is 4. The minimum absolute atomic E-state index is 0.0665. The number of carbonyl (C=O) groups is 1. The summed E-state index contributed by atoms with van der Waals surface area (Å²) in [6.45, 7) is 4.73. The quantitative estimate of drug-likeness (QED) is 0.763. The molecule has 0 aliphatic carbocycles. The molecule has 2 aromatic rings. The van der Waals surface area contributed by atoms with Gasteiger partial charge in [0.2, 0.25) is 0 Å². The summed E-state index contributed by atoms with van der Waals surface area (Å²) in [7, 11) is 0. The lowest BCUT2D eigenvalue weighted by Crippen LogP contribution is -2.27. The number of pyridine rings is 1. The van der Waals surface area contributed by atoms with E-state index < -0.39 is 0 Å². The fraction of sp³-hybridized carbons (Fsp3) is 0.294. The van der Waals surface area contributed by atoms with E-state index in [1.54, 1.807) is 12.3 Å². The van der Waals surface area contributed by atoms with Gasteiger partial charge >= 0.3 is 0 Å². The number of aryl methyl sites for hydroxylation is 1. The lowest BCUT2D eigenvalue weighted by molar-refractivity contribution is 0.0944. The van der Waals surface area contributed by atoms with Crippen LogP contribution in [0.25, 0.3) is 0 Å². The summed E-state index contributed by atoms with van der Waals surface area (Å²) in [5.41, 5.74) is 4.53. The first-order chi connectivity index (χ1) is 10.6. The highest BCUT2D eigenvalue weighted by atomic mass is 16.3. The normalized spacial score (nSPS) is 10.3. The Kier molecular flexibility index (Phi) is 5.49. The van der Waals surface area contributed by atoms with Crippen LogP contribution in [0.4, 0.5) is 5.69 Å². The molecule has 2 rings (SSSR count). The SMILES string of the molecule is Cc1ncccc1CNc1cccc(C(=O)NCCO)c1C. The van der Waals surface area contributed by atoms with Crippen LogP contribution in [-0.2, 0) is 6.54 Å². The van der Waals surface area contributed by atoms with Crippen molar-refractivity contribution in [3.63, 3.8) is 0 Å². The zero-order valence-electron chi connectivity index (χ0n) is 12.9. The van der Waals surface area contributed by atoms with Gasteiger partial charge in [-0.2, -0.15) is 0 Å². The molecule has 0 radical (unpaired) electrons. The van der Waals surface area contributed by atoms with Crippen LogP contribution in [0.3, 0.4) is 0 Å². The molecular formula is C17H21N3O2. The van der Waals surface area contributed by atoms with Crippen molar-refractivity contribution in [2.45, 2.75) is 20.4 Å². The molecule has 0 atom stereocenters. The average molecular weight is 299 g/mol. The summed E-state index contributed by atoms with van der Waals surface area (Å²) in [4.78, 5) is 16.3. The predicted molar refractivity (Wildman–Crippen MR) is 86.9 cm³/mol. The third-order valence-corrected chi connectivity index (χ3v) is 3.56. The van der Waals surface area contributed by atoms with Crippen LogP contribution in [-0.4, -0.2) is 29.1 Å². The number of aromatic nitrogens is 1. The molecule has 0 saturated carbocycles. The smallest absolute Gasteiger partial charge is 0.251 e. The Morgan fingerprint density at radius 3 is 2.77 bits per heavy atom.